The highest BCUT2D eigenvalue weighted by atomic mass is 79.9. The second-order valence-corrected chi connectivity index (χ2v) is 9.38. The van der Waals surface area contributed by atoms with Gasteiger partial charge in [-0.1, -0.05) is 15.9 Å². The van der Waals surface area contributed by atoms with E-state index in [1.54, 1.807) is 39.9 Å². The molecule has 0 N–H and O–H groups in total. The maximum Gasteiger partial charge on any atom is 0.243 e. The minimum absolute atomic E-state index is 0.144. The molecule has 5 nitrogen and oxygen atoms in total. The second kappa shape index (κ2) is 6.35. The number of halogens is 1. The van der Waals surface area contributed by atoms with Crippen LogP contribution in [0, 0.1) is 6.92 Å². The van der Waals surface area contributed by atoms with Crippen LogP contribution in [0.25, 0.3) is 0 Å². The molecule has 0 saturated carbocycles. The van der Waals surface area contributed by atoms with Gasteiger partial charge in [-0.05, 0) is 44.0 Å². The summed E-state index contributed by atoms with van der Waals surface area (Å²) in [5.74, 6) is 0.144. The van der Waals surface area contributed by atoms with Gasteiger partial charge in [-0.25, -0.2) is 8.42 Å². The van der Waals surface area contributed by atoms with E-state index >= 15 is 0 Å². The van der Waals surface area contributed by atoms with E-state index in [0.29, 0.717) is 18.0 Å². The molecule has 1 unspecified atom stereocenters. The van der Waals surface area contributed by atoms with Gasteiger partial charge in [0, 0.05) is 23.5 Å². The summed E-state index contributed by atoms with van der Waals surface area (Å²) in [6.07, 6.45) is 1.81. The molecule has 1 saturated heterocycles. The van der Waals surface area contributed by atoms with Crippen molar-refractivity contribution in [3.8, 4) is 0 Å². The van der Waals surface area contributed by atoms with E-state index in [1.807, 2.05) is 6.92 Å². The zero-order valence-electron chi connectivity index (χ0n) is 12.1. The molecule has 0 spiro atoms. The van der Waals surface area contributed by atoms with Crippen molar-refractivity contribution >= 4 is 37.3 Å². The monoisotopic (exact) mass is 401 g/mol. The summed E-state index contributed by atoms with van der Waals surface area (Å²) in [7, 11) is -3.44. The Bertz CT molecular complexity index is 759. The molecule has 118 valence electrons. The third-order valence-corrected chi connectivity index (χ3v) is 7.14. The first-order valence-corrected chi connectivity index (χ1v) is 10.1. The Morgan fingerprint density at radius 1 is 1.27 bits per heavy atom. The van der Waals surface area contributed by atoms with Gasteiger partial charge in [-0.2, -0.15) is 4.31 Å². The third kappa shape index (κ3) is 3.24. The van der Waals surface area contributed by atoms with E-state index in [-0.39, 0.29) is 5.92 Å². The molecule has 2 heterocycles. The number of sulfonamides is 1. The van der Waals surface area contributed by atoms with Crippen molar-refractivity contribution in [2.24, 2.45) is 0 Å². The topological polar surface area (TPSA) is 63.2 Å². The number of benzene rings is 1. The summed E-state index contributed by atoms with van der Waals surface area (Å²) in [4.78, 5) is 0.338. The lowest BCUT2D eigenvalue weighted by Gasteiger charge is -2.30. The Labute approximate surface area is 142 Å². The summed E-state index contributed by atoms with van der Waals surface area (Å²) in [5, 5.41) is 10.1. The van der Waals surface area contributed by atoms with Crippen LogP contribution in [0.15, 0.2) is 33.6 Å². The lowest BCUT2D eigenvalue weighted by atomic mass is 10.0. The zero-order valence-corrected chi connectivity index (χ0v) is 15.3. The average Bonchev–Trinajstić information content (AvgIpc) is 2.94. The maximum absolute atomic E-state index is 12.8. The van der Waals surface area contributed by atoms with Gasteiger partial charge < -0.3 is 0 Å². The summed E-state index contributed by atoms with van der Waals surface area (Å²) in [6.45, 7) is 2.96. The normalized spacial score (nSPS) is 20.2. The predicted molar refractivity (Wildman–Crippen MR) is 89.5 cm³/mol. The van der Waals surface area contributed by atoms with E-state index in [2.05, 4.69) is 26.1 Å². The molecule has 1 aromatic carbocycles. The molecule has 2 aromatic rings. The van der Waals surface area contributed by atoms with Crippen LogP contribution < -0.4 is 0 Å². The molecule has 1 fully saturated rings. The third-order valence-electron chi connectivity index (χ3n) is 3.73. The predicted octanol–water partition coefficient (Wildman–Crippen LogP) is 3.18. The largest absolute Gasteiger partial charge is 0.243 e. The fraction of sp³-hybridized carbons (Fsp3) is 0.429. The molecule has 22 heavy (non-hydrogen) atoms. The SMILES string of the molecule is Cc1nnc(C2CCCN(S(=O)(=O)c3ccc(Br)cc3)C2)s1. The molecule has 1 aliphatic rings. The smallest absolute Gasteiger partial charge is 0.207 e. The summed E-state index contributed by atoms with van der Waals surface area (Å²) < 4.78 is 28.0. The fourth-order valence-corrected chi connectivity index (χ4v) is 5.21. The first-order valence-electron chi connectivity index (χ1n) is 7.02. The highest BCUT2D eigenvalue weighted by molar-refractivity contribution is 9.10. The Balaban J connectivity index is 1.83. The highest BCUT2D eigenvalue weighted by Gasteiger charge is 2.32. The van der Waals surface area contributed by atoms with E-state index in [9.17, 15) is 8.42 Å². The van der Waals surface area contributed by atoms with Crippen LogP contribution in [0.5, 0.6) is 0 Å². The average molecular weight is 402 g/mol. The first-order chi connectivity index (χ1) is 10.5. The molecule has 3 rings (SSSR count). The van der Waals surface area contributed by atoms with Crippen LogP contribution >= 0.6 is 27.3 Å². The molecule has 8 heteroatoms. The van der Waals surface area contributed by atoms with E-state index in [4.69, 9.17) is 0 Å². The molecule has 0 aliphatic carbocycles. The van der Waals surface area contributed by atoms with Crippen LogP contribution in [0.3, 0.4) is 0 Å². The van der Waals surface area contributed by atoms with Crippen molar-refractivity contribution < 1.29 is 8.42 Å². The van der Waals surface area contributed by atoms with Crippen LogP contribution in [0.2, 0.25) is 0 Å². The Morgan fingerprint density at radius 3 is 2.64 bits per heavy atom. The molecule has 1 aliphatic heterocycles. The molecule has 0 radical (unpaired) electrons. The quantitative estimate of drug-likeness (QED) is 0.791. The van der Waals surface area contributed by atoms with E-state index in [1.165, 1.54) is 0 Å². The van der Waals surface area contributed by atoms with Crippen LogP contribution in [0.4, 0.5) is 0 Å². The van der Waals surface area contributed by atoms with Crippen LogP contribution in [0.1, 0.15) is 28.8 Å². The van der Waals surface area contributed by atoms with Crippen LogP contribution in [-0.4, -0.2) is 36.0 Å². The first kappa shape index (κ1) is 16.0. The van der Waals surface area contributed by atoms with Gasteiger partial charge in [-0.15, -0.1) is 21.5 Å². The summed E-state index contributed by atoms with van der Waals surface area (Å²) in [6, 6.07) is 6.78. The maximum atomic E-state index is 12.8. The van der Waals surface area contributed by atoms with Crippen molar-refractivity contribution in [1.29, 1.82) is 0 Å². The summed E-state index contributed by atoms with van der Waals surface area (Å²) in [5.41, 5.74) is 0. The number of aryl methyl sites for hydroxylation is 1. The van der Waals surface area contributed by atoms with Gasteiger partial charge >= 0.3 is 0 Å². The Hall–Kier alpha value is -0.830. The number of nitrogens with zero attached hydrogens (tertiary/aromatic N) is 3. The summed E-state index contributed by atoms with van der Waals surface area (Å²) >= 11 is 4.88. The number of hydrogen-bond acceptors (Lipinski definition) is 5. The van der Waals surface area contributed by atoms with E-state index in [0.717, 1.165) is 27.3 Å². The zero-order chi connectivity index (χ0) is 15.7. The Morgan fingerprint density at radius 2 is 2.00 bits per heavy atom. The molecule has 1 aromatic heterocycles. The number of aromatic nitrogens is 2. The van der Waals surface area contributed by atoms with Crippen molar-refractivity contribution in [3.63, 3.8) is 0 Å². The van der Waals surface area contributed by atoms with Crippen molar-refractivity contribution in [2.45, 2.75) is 30.6 Å². The van der Waals surface area contributed by atoms with Crippen molar-refractivity contribution in [2.75, 3.05) is 13.1 Å². The van der Waals surface area contributed by atoms with Gasteiger partial charge in [0.25, 0.3) is 0 Å². The molecular weight excluding hydrogens is 386 g/mol. The number of piperidine rings is 1. The highest BCUT2D eigenvalue weighted by Crippen LogP contribution is 2.31. The number of rotatable bonds is 3. The minimum Gasteiger partial charge on any atom is -0.207 e. The molecule has 1 atom stereocenters. The van der Waals surface area contributed by atoms with Crippen molar-refractivity contribution in [1.82, 2.24) is 14.5 Å². The fourth-order valence-electron chi connectivity index (χ4n) is 2.59. The molecule has 0 bridgehead atoms. The van der Waals surface area contributed by atoms with Gasteiger partial charge in [0.15, 0.2) is 0 Å². The molecule has 0 amide bonds. The lowest BCUT2D eigenvalue weighted by molar-refractivity contribution is 0.314. The lowest BCUT2D eigenvalue weighted by Crippen LogP contribution is -2.39. The molecular formula is C14H16BrN3O2S2. The minimum atomic E-state index is -3.44. The van der Waals surface area contributed by atoms with Gasteiger partial charge in [0.05, 0.1) is 4.90 Å². The Kier molecular flexibility index (Phi) is 4.63. The van der Waals surface area contributed by atoms with Gasteiger partial charge in [0.2, 0.25) is 10.0 Å². The van der Waals surface area contributed by atoms with Crippen molar-refractivity contribution in [3.05, 3.63) is 38.8 Å². The van der Waals surface area contributed by atoms with Crippen LogP contribution in [-0.2, 0) is 10.0 Å². The van der Waals surface area contributed by atoms with Gasteiger partial charge in [0.1, 0.15) is 10.0 Å². The standard InChI is InChI=1S/C14H16BrN3O2S2/c1-10-16-17-14(21-10)11-3-2-8-18(9-11)22(19,20)13-6-4-12(15)5-7-13/h4-7,11H,2-3,8-9H2,1H3. The van der Waals surface area contributed by atoms with Gasteiger partial charge in [-0.3, -0.25) is 0 Å². The number of hydrogen-bond donors (Lipinski definition) is 0. The second-order valence-electron chi connectivity index (χ2n) is 5.32. The van der Waals surface area contributed by atoms with E-state index < -0.39 is 10.0 Å².